The van der Waals surface area contributed by atoms with Gasteiger partial charge >= 0.3 is 0 Å². The molecule has 6 nitrogen and oxygen atoms in total. The first-order valence-electron chi connectivity index (χ1n) is 6.97. The van der Waals surface area contributed by atoms with Gasteiger partial charge in [0.1, 0.15) is 18.1 Å². The Labute approximate surface area is 124 Å². The third kappa shape index (κ3) is 4.09. The Morgan fingerprint density at radius 1 is 1.38 bits per heavy atom. The quantitative estimate of drug-likeness (QED) is 0.799. The lowest BCUT2D eigenvalue weighted by Gasteiger charge is -2.21. The van der Waals surface area contributed by atoms with Crippen LogP contribution in [0.1, 0.15) is 6.42 Å². The lowest BCUT2D eigenvalue weighted by molar-refractivity contribution is -0.122. The van der Waals surface area contributed by atoms with Crippen molar-refractivity contribution in [1.82, 2.24) is 4.90 Å². The van der Waals surface area contributed by atoms with Gasteiger partial charge in [0.05, 0.1) is 19.3 Å². The Balaban J connectivity index is 1.85. The molecule has 0 aliphatic carbocycles. The van der Waals surface area contributed by atoms with Gasteiger partial charge in [-0.2, -0.15) is 0 Å². The molecule has 1 aromatic carbocycles. The summed E-state index contributed by atoms with van der Waals surface area (Å²) in [6.45, 7) is 1.81. The van der Waals surface area contributed by atoms with Gasteiger partial charge in [0.15, 0.2) is 0 Å². The minimum Gasteiger partial charge on any atom is -0.497 e. The van der Waals surface area contributed by atoms with Gasteiger partial charge < -0.3 is 19.9 Å². The van der Waals surface area contributed by atoms with E-state index in [9.17, 15) is 4.79 Å². The highest BCUT2D eigenvalue weighted by atomic mass is 16.5. The monoisotopic (exact) mass is 294 g/mol. The highest BCUT2D eigenvalue weighted by Gasteiger charge is 2.35. The molecule has 0 saturated carbocycles. The van der Waals surface area contributed by atoms with Gasteiger partial charge in [-0.05, 0) is 18.6 Å². The van der Waals surface area contributed by atoms with Crippen LogP contribution in [0, 0.1) is 0 Å². The second-order valence-electron chi connectivity index (χ2n) is 5.03. The molecule has 2 atom stereocenters. The molecule has 1 aromatic rings. The Morgan fingerprint density at radius 2 is 2.14 bits per heavy atom. The minimum absolute atomic E-state index is 0.0549. The predicted molar refractivity (Wildman–Crippen MR) is 78.5 cm³/mol. The third-order valence-electron chi connectivity index (χ3n) is 3.72. The van der Waals surface area contributed by atoms with Crippen LogP contribution < -0.4 is 15.2 Å². The predicted octanol–water partition coefficient (Wildman–Crippen LogP) is 0.649. The number of hydrogen-bond donors (Lipinski definition) is 1. The van der Waals surface area contributed by atoms with Crippen molar-refractivity contribution in [3.05, 3.63) is 24.3 Å². The molecule has 0 radical (unpaired) electrons. The number of likely N-dealkylation sites (tertiary alicyclic amines) is 1. The summed E-state index contributed by atoms with van der Waals surface area (Å²) in [5.74, 6) is 1.19. The first-order chi connectivity index (χ1) is 10.1. The molecule has 2 rings (SSSR count). The molecule has 2 N–H and O–H groups in total. The van der Waals surface area contributed by atoms with Gasteiger partial charge in [0, 0.05) is 26.3 Å². The summed E-state index contributed by atoms with van der Waals surface area (Å²) >= 11 is 0. The van der Waals surface area contributed by atoms with E-state index in [1.165, 1.54) is 0 Å². The minimum atomic E-state index is -0.309. The van der Waals surface area contributed by atoms with Crippen LogP contribution in [0.2, 0.25) is 0 Å². The van der Waals surface area contributed by atoms with Gasteiger partial charge in [-0.15, -0.1) is 0 Å². The Kier molecular flexibility index (Phi) is 5.41. The van der Waals surface area contributed by atoms with Crippen molar-refractivity contribution in [2.75, 3.05) is 33.9 Å². The normalized spacial score (nSPS) is 22.2. The molecular weight excluding hydrogens is 272 g/mol. The average Bonchev–Trinajstić information content (AvgIpc) is 2.91. The van der Waals surface area contributed by atoms with E-state index in [4.69, 9.17) is 19.9 Å². The lowest BCUT2D eigenvalue weighted by Crippen LogP contribution is -2.42. The summed E-state index contributed by atoms with van der Waals surface area (Å²) < 4.78 is 16.1. The van der Waals surface area contributed by atoms with Crippen molar-refractivity contribution in [1.29, 1.82) is 0 Å². The number of carbonyl (C=O) groups is 1. The average molecular weight is 294 g/mol. The number of nitrogens with zero attached hydrogens (tertiary/aromatic N) is 1. The number of nitrogens with two attached hydrogens (primary N) is 1. The zero-order chi connectivity index (χ0) is 15.2. The smallest absolute Gasteiger partial charge is 0.234 e. The summed E-state index contributed by atoms with van der Waals surface area (Å²) in [5, 5.41) is 0. The topological polar surface area (TPSA) is 74.0 Å². The van der Waals surface area contributed by atoms with Crippen molar-refractivity contribution in [2.45, 2.75) is 18.6 Å². The molecule has 0 bridgehead atoms. The molecule has 0 spiro atoms. The van der Waals surface area contributed by atoms with E-state index < -0.39 is 0 Å². The van der Waals surface area contributed by atoms with E-state index in [1.807, 2.05) is 29.2 Å². The van der Waals surface area contributed by atoms with Crippen molar-refractivity contribution < 1.29 is 19.0 Å². The molecule has 1 heterocycles. The van der Waals surface area contributed by atoms with Crippen molar-refractivity contribution in [2.24, 2.45) is 5.73 Å². The molecule has 1 aliphatic heterocycles. The van der Waals surface area contributed by atoms with E-state index in [1.54, 1.807) is 14.2 Å². The Hall–Kier alpha value is -1.79. The summed E-state index contributed by atoms with van der Waals surface area (Å²) in [7, 11) is 3.27. The molecule has 6 heteroatoms. The highest BCUT2D eigenvalue weighted by molar-refractivity contribution is 5.80. The summed E-state index contributed by atoms with van der Waals surface area (Å²) in [5.41, 5.74) is 5.43. The molecule has 0 unspecified atom stereocenters. The SMILES string of the molecule is COc1cccc(OCCN2C[C@@H](OC)C[C@H]2C(N)=O)c1. The number of amides is 1. The van der Waals surface area contributed by atoms with Gasteiger partial charge in [-0.25, -0.2) is 0 Å². The maximum atomic E-state index is 11.5. The molecule has 1 aliphatic rings. The van der Waals surface area contributed by atoms with Crippen LogP contribution in [0.5, 0.6) is 11.5 Å². The van der Waals surface area contributed by atoms with Crippen LogP contribution in [0.15, 0.2) is 24.3 Å². The van der Waals surface area contributed by atoms with Gasteiger partial charge in [0.25, 0.3) is 0 Å². The van der Waals surface area contributed by atoms with Crippen LogP contribution in [-0.2, 0) is 9.53 Å². The van der Waals surface area contributed by atoms with Crippen LogP contribution in [0.25, 0.3) is 0 Å². The number of carbonyl (C=O) groups excluding carboxylic acids is 1. The number of benzene rings is 1. The number of primary amides is 1. The van der Waals surface area contributed by atoms with E-state index in [2.05, 4.69) is 0 Å². The van der Waals surface area contributed by atoms with Crippen LogP contribution in [-0.4, -0.2) is 56.9 Å². The summed E-state index contributed by atoms with van der Waals surface area (Å²) in [6, 6.07) is 7.16. The maximum Gasteiger partial charge on any atom is 0.234 e. The fourth-order valence-corrected chi connectivity index (χ4v) is 2.55. The largest absolute Gasteiger partial charge is 0.497 e. The standard InChI is InChI=1S/C15H22N2O4/c1-19-11-4-3-5-12(8-11)21-7-6-17-10-13(20-2)9-14(17)15(16)18/h3-5,8,13-14H,6-7,9-10H2,1-2H3,(H2,16,18)/t13-,14-/m0/s1. The number of ether oxygens (including phenoxy) is 3. The summed E-state index contributed by atoms with van der Waals surface area (Å²) in [4.78, 5) is 13.5. The second kappa shape index (κ2) is 7.28. The third-order valence-corrected chi connectivity index (χ3v) is 3.72. The number of methoxy groups -OCH3 is 2. The number of rotatable bonds is 7. The first kappa shape index (κ1) is 15.6. The molecular formula is C15H22N2O4. The van der Waals surface area contributed by atoms with Crippen molar-refractivity contribution >= 4 is 5.91 Å². The fraction of sp³-hybridized carbons (Fsp3) is 0.533. The molecule has 1 fully saturated rings. The molecule has 116 valence electrons. The van der Waals surface area contributed by atoms with Crippen molar-refractivity contribution in [3.63, 3.8) is 0 Å². The zero-order valence-electron chi connectivity index (χ0n) is 12.5. The van der Waals surface area contributed by atoms with Crippen molar-refractivity contribution in [3.8, 4) is 11.5 Å². The first-order valence-corrected chi connectivity index (χ1v) is 6.97. The Morgan fingerprint density at radius 3 is 2.81 bits per heavy atom. The number of hydrogen-bond acceptors (Lipinski definition) is 5. The Bertz CT molecular complexity index is 480. The molecule has 21 heavy (non-hydrogen) atoms. The van der Waals surface area contributed by atoms with Gasteiger partial charge in [-0.1, -0.05) is 6.07 Å². The van der Waals surface area contributed by atoms with E-state index >= 15 is 0 Å². The molecule has 1 amide bonds. The molecule has 0 aromatic heterocycles. The second-order valence-corrected chi connectivity index (χ2v) is 5.03. The van der Waals surface area contributed by atoms with Crippen LogP contribution in [0.3, 0.4) is 0 Å². The highest BCUT2D eigenvalue weighted by Crippen LogP contribution is 2.21. The fourth-order valence-electron chi connectivity index (χ4n) is 2.55. The van der Waals surface area contributed by atoms with E-state index in [-0.39, 0.29) is 18.1 Å². The molecule has 1 saturated heterocycles. The van der Waals surface area contributed by atoms with Gasteiger partial charge in [0.2, 0.25) is 5.91 Å². The van der Waals surface area contributed by atoms with Gasteiger partial charge in [-0.3, -0.25) is 9.69 Å². The van der Waals surface area contributed by atoms with Crippen LogP contribution in [0.4, 0.5) is 0 Å². The van der Waals surface area contributed by atoms with Crippen LogP contribution >= 0.6 is 0 Å². The zero-order valence-corrected chi connectivity index (χ0v) is 12.5. The summed E-state index contributed by atoms with van der Waals surface area (Å²) in [6.07, 6.45) is 0.699. The lowest BCUT2D eigenvalue weighted by atomic mass is 10.2. The maximum absolute atomic E-state index is 11.5. The van der Waals surface area contributed by atoms with E-state index in [0.29, 0.717) is 26.1 Å². The van der Waals surface area contributed by atoms with E-state index in [0.717, 1.165) is 11.5 Å².